The normalized spacial score (nSPS) is 19.1. The predicted molar refractivity (Wildman–Crippen MR) is 415 cm³/mol. The van der Waals surface area contributed by atoms with Crippen LogP contribution in [0.15, 0.2) is 91.0 Å². The van der Waals surface area contributed by atoms with E-state index >= 15 is 14.4 Å². The summed E-state index contributed by atoms with van der Waals surface area (Å²) in [6.45, 7) is -3.17. The molecule has 4 aliphatic heterocycles. The number of fused-ring (bicyclic) bond motifs is 8. The number of aromatic hydroxyl groups is 29. The molecule has 134 heavy (non-hydrogen) atoms. The first-order chi connectivity index (χ1) is 63.0. The number of esters is 10. The fourth-order valence-corrected chi connectivity index (χ4v) is 13.9. The maximum atomic E-state index is 15.9. The molecule has 4 aliphatic rings. The van der Waals surface area contributed by atoms with Gasteiger partial charge in [-0.15, -0.1) is 0 Å². The summed E-state index contributed by atoms with van der Waals surface area (Å²) in [5.41, 5.74) is -18.0. The van der Waals surface area contributed by atoms with Gasteiger partial charge >= 0.3 is 59.7 Å². The maximum absolute atomic E-state index is 15.9. The Morgan fingerprint density at radius 1 is 0.246 bits per heavy atom. The van der Waals surface area contributed by atoms with E-state index in [1.807, 2.05) is 0 Å². The largest absolute Gasteiger partial charge is 0.504 e. The SMILES string of the molecule is O=C(O[C@@H]1O[C@@H]2COC(=O)c3cc(O)c(O)c(O)c3-c3c(cc(Oc4c(C(=O)O[C@H]5[C@H](OC(=O)c6cc(O)c(O)c(O)c6)O[C@@H]6COC(=O)c7cc(O)c(O)c(O)c7-c7c(cc(O)c(O)c7O)C(=O)O[C@H]6[C@@H]5OC(=O)c5cc(O)c(O)c(O)c5)cc(O)c(O)c4O)c(O)c3O)C(=O)O[C@H]2[C@H](OC(=O)c2cc(O)c(O)c(O)c2)[C@H]1OC(=O)c1cc(O)c(O)c(O)c1)c1cc(O)c(O)c(O)c1. The zero-order valence-electron chi connectivity index (χ0n) is 65.7. The van der Waals surface area contributed by atoms with E-state index in [9.17, 15) is 182 Å². The van der Waals surface area contributed by atoms with Crippen molar-refractivity contribution in [2.75, 3.05) is 13.2 Å². The number of carbonyl (C=O) groups is 10. The van der Waals surface area contributed by atoms with Crippen molar-refractivity contribution in [2.45, 2.75) is 61.4 Å². The predicted octanol–water partition coefficient (Wildman–Crippen LogP) is 3.73. The van der Waals surface area contributed by atoms with Crippen LogP contribution in [0.25, 0.3) is 22.3 Å². The van der Waals surface area contributed by atoms with Crippen molar-refractivity contribution >= 4 is 59.7 Å². The lowest BCUT2D eigenvalue weighted by Crippen LogP contribution is -2.63. The summed E-state index contributed by atoms with van der Waals surface area (Å²) < 4.78 is 74.5. The molecular formula is C82H58O52. The van der Waals surface area contributed by atoms with E-state index in [0.717, 1.165) is 0 Å². The first-order valence-corrected chi connectivity index (χ1v) is 37.0. The van der Waals surface area contributed by atoms with Gasteiger partial charge in [-0.25, -0.2) is 47.9 Å². The number of rotatable bonds is 14. The summed E-state index contributed by atoms with van der Waals surface area (Å²) in [6, 6.07) is 4.72. The molecule has 0 aromatic heterocycles. The van der Waals surface area contributed by atoms with Gasteiger partial charge in [-0.05, 0) is 78.9 Å². The van der Waals surface area contributed by atoms with Gasteiger partial charge in [0.15, 0.2) is 168 Å². The van der Waals surface area contributed by atoms with Crippen LogP contribution in [0, 0.1) is 0 Å². The molecule has 10 atom stereocenters. The Bertz CT molecular complexity index is 6630. The fourth-order valence-electron chi connectivity index (χ4n) is 13.9. The van der Waals surface area contributed by atoms with Crippen molar-refractivity contribution in [3.8, 4) is 200 Å². The Balaban J connectivity index is 0.939. The van der Waals surface area contributed by atoms with Gasteiger partial charge in [0.25, 0.3) is 0 Å². The average molecular weight is 1880 g/mol. The van der Waals surface area contributed by atoms with Gasteiger partial charge in [0.1, 0.15) is 31.0 Å². The quantitative estimate of drug-likeness (QED) is 0.0419. The van der Waals surface area contributed by atoms with E-state index in [-0.39, 0.29) is 24.3 Å². The molecule has 52 nitrogen and oxygen atoms in total. The van der Waals surface area contributed by atoms with E-state index in [2.05, 4.69) is 0 Å². The third-order valence-corrected chi connectivity index (χ3v) is 20.4. The highest BCUT2D eigenvalue weighted by molar-refractivity contribution is 6.11. The molecule has 2 saturated heterocycles. The molecule has 29 N–H and O–H groups in total. The average Bonchev–Trinajstić information content (AvgIpc) is 0.785. The van der Waals surface area contributed by atoms with E-state index in [1.54, 1.807) is 0 Å². The van der Waals surface area contributed by atoms with E-state index in [0.29, 0.717) is 66.7 Å². The van der Waals surface area contributed by atoms with Gasteiger partial charge in [0.2, 0.25) is 59.3 Å². The van der Waals surface area contributed by atoms with Crippen LogP contribution in [0.1, 0.15) is 104 Å². The lowest BCUT2D eigenvalue weighted by molar-refractivity contribution is -0.282. The molecule has 0 saturated carbocycles. The van der Waals surface area contributed by atoms with Crippen LogP contribution in [-0.4, -0.2) is 282 Å². The Morgan fingerprint density at radius 2 is 0.485 bits per heavy atom. The van der Waals surface area contributed by atoms with Gasteiger partial charge in [-0.1, -0.05) is 0 Å². The van der Waals surface area contributed by atoms with E-state index in [1.165, 1.54) is 0 Å². The van der Waals surface area contributed by atoms with Crippen molar-refractivity contribution in [3.63, 3.8) is 0 Å². The summed E-state index contributed by atoms with van der Waals surface area (Å²) >= 11 is 0. The van der Waals surface area contributed by atoms with Crippen LogP contribution in [-0.2, 0) is 56.8 Å². The van der Waals surface area contributed by atoms with Crippen molar-refractivity contribution in [1.29, 1.82) is 0 Å². The molecule has 0 spiro atoms. The van der Waals surface area contributed by atoms with E-state index < -0.39 is 390 Å². The number of phenolic OH excluding ortho intramolecular Hbond substituents is 29. The molecule has 0 unspecified atom stereocenters. The highest BCUT2D eigenvalue weighted by atomic mass is 16.8. The number of hydrogen-bond donors (Lipinski definition) is 29. The minimum atomic E-state index is -3.17. The number of cyclic esters (lactones) is 2. The Kier molecular flexibility index (Phi) is 23.2. The highest BCUT2D eigenvalue weighted by Crippen LogP contribution is 2.58. The molecule has 0 radical (unpaired) electrons. The van der Waals surface area contributed by atoms with Gasteiger partial charge in [0.05, 0.1) is 50.1 Å². The molecule has 14 rings (SSSR count). The Morgan fingerprint density at radius 3 is 0.791 bits per heavy atom. The van der Waals surface area contributed by atoms with Crippen LogP contribution in [0.5, 0.6) is 178 Å². The molecule has 698 valence electrons. The van der Waals surface area contributed by atoms with Crippen molar-refractivity contribution in [1.82, 2.24) is 0 Å². The lowest BCUT2D eigenvalue weighted by atomic mass is 9.91. The van der Waals surface area contributed by atoms with Crippen molar-refractivity contribution in [2.24, 2.45) is 0 Å². The molecule has 10 aromatic rings. The Labute approximate surface area is 736 Å². The van der Waals surface area contributed by atoms with Gasteiger partial charge < -0.3 is 210 Å². The number of phenols is 29. The summed E-state index contributed by atoms with van der Waals surface area (Å²) in [5.74, 6) is -66.8. The maximum Gasteiger partial charge on any atom is 0.342 e. The Hall–Kier alpha value is -19.2. The van der Waals surface area contributed by atoms with Crippen molar-refractivity contribution in [3.05, 3.63) is 147 Å². The second-order valence-corrected chi connectivity index (χ2v) is 28.7. The van der Waals surface area contributed by atoms with E-state index in [4.69, 9.17) is 61.6 Å². The van der Waals surface area contributed by atoms with Crippen molar-refractivity contribution < 1.29 is 258 Å². The molecule has 0 aliphatic carbocycles. The summed E-state index contributed by atoms with van der Waals surface area (Å²) in [6.07, 6.45) is -29.0. The third-order valence-electron chi connectivity index (χ3n) is 20.4. The molecule has 0 amide bonds. The minimum absolute atomic E-state index is 0.0294. The van der Waals surface area contributed by atoms with Gasteiger partial charge in [-0.2, -0.15) is 0 Å². The summed E-state index contributed by atoms with van der Waals surface area (Å²) in [4.78, 5) is 149. The molecule has 2 fully saturated rings. The zero-order valence-corrected chi connectivity index (χ0v) is 65.7. The molecule has 10 aromatic carbocycles. The van der Waals surface area contributed by atoms with Crippen LogP contribution < -0.4 is 4.74 Å². The molecule has 52 heteroatoms. The first-order valence-electron chi connectivity index (χ1n) is 37.0. The molecule has 0 bridgehead atoms. The monoisotopic (exact) mass is 1870 g/mol. The van der Waals surface area contributed by atoms with Crippen LogP contribution in [0.2, 0.25) is 0 Å². The number of carbonyl (C=O) groups excluding carboxylic acids is 10. The smallest absolute Gasteiger partial charge is 0.342 e. The fraction of sp³-hybridized carbons (Fsp3) is 0.146. The van der Waals surface area contributed by atoms with Crippen LogP contribution in [0.3, 0.4) is 0 Å². The van der Waals surface area contributed by atoms with Crippen LogP contribution in [0.4, 0.5) is 0 Å². The highest BCUT2D eigenvalue weighted by Gasteiger charge is 2.58. The first kappa shape index (κ1) is 91.0. The second kappa shape index (κ2) is 34.2. The lowest BCUT2D eigenvalue weighted by Gasteiger charge is -2.43. The van der Waals surface area contributed by atoms with Crippen LogP contribution >= 0.6 is 0 Å². The summed E-state index contributed by atoms with van der Waals surface area (Å²) in [7, 11) is 0. The molecular weight excluding hydrogens is 1820 g/mol. The number of hydrogen-bond acceptors (Lipinski definition) is 52. The molecule has 4 heterocycles. The third kappa shape index (κ3) is 16.2. The second-order valence-electron chi connectivity index (χ2n) is 28.7. The minimum Gasteiger partial charge on any atom is -0.504 e. The number of ether oxygens (including phenoxy) is 13. The topological polar surface area (TPSA) is 877 Å². The van der Waals surface area contributed by atoms with Gasteiger partial charge in [0, 0.05) is 34.4 Å². The summed E-state index contributed by atoms with van der Waals surface area (Å²) in [5, 5.41) is 316. The number of benzene rings is 10. The standard InChI is InChI=1S/C82H58O52/c83-28-1-18(2-29(84)49(28)97)71(112)129-67-65-43(125-81(133-74(115)21-7-34(89)52(100)35(90)8-21)69(67)131-73(114)20-5-32(87)51(99)33(88)6-20)16-123-77(118)24-12-39(94)55(103)60(108)46(24)48-26(79(120)128-65)15-42(58(106)62(48)110)124-64-27(14-41(96)57(105)63(64)111)80(121)132-70-68(130-72(113)19-3-30(85)50(98)31(86)4-19)66-44(126-82(70)134-75(116)22-9-36(91)53(101)37(92)10-22)17-122-76(117)23-11-38(93)54(102)59(107)45(23)47-25(78(119)127-66)13-40(95)56(104)61(47)109/h1-15,43-44,65-70,81-111H,16-17H2/t43-,44-,65-,66-,67+,68+,69-,70-,81+,82+/m1/s1. The van der Waals surface area contributed by atoms with Gasteiger partial charge in [-0.3, -0.25) is 0 Å². The zero-order chi connectivity index (χ0) is 97.7.